The van der Waals surface area contributed by atoms with Crippen LogP contribution in [0.2, 0.25) is 0 Å². The lowest BCUT2D eigenvalue weighted by molar-refractivity contribution is 0.414. The molecule has 0 fully saturated rings. The average Bonchev–Trinajstić information content (AvgIpc) is 3.43. The quantitative estimate of drug-likeness (QED) is 0.110. The number of allylic oxidation sites excluding steroid dienone is 14. The van der Waals surface area contributed by atoms with Crippen LogP contribution >= 0.6 is 0 Å². The number of anilines is 4. The fraction of sp³-hybridized carbons (Fsp3) is 0.123. The summed E-state index contributed by atoms with van der Waals surface area (Å²) >= 11 is 0. The van der Waals surface area contributed by atoms with Crippen LogP contribution in [0.5, 0.6) is 0 Å². The second-order valence-electron chi connectivity index (χ2n) is 15.7. The molecule has 0 aliphatic heterocycles. The molecule has 7 rings (SSSR count). The van der Waals surface area contributed by atoms with E-state index in [0.717, 1.165) is 50.8 Å². The summed E-state index contributed by atoms with van der Waals surface area (Å²) in [5, 5.41) is 0. The fourth-order valence-electron chi connectivity index (χ4n) is 8.54. The van der Waals surface area contributed by atoms with E-state index < -0.39 is 0 Å². The average molecular weight is 767 g/mol. The molecule has 0 saturated carbocycles. The van der Waals surface area contributed by atoms with Crippen molar-refractivity contribution in [3.63, 3.8) is 0 Å². The maximum atomic E-state index is 4.07. The van der Waals surface area contributed by atoms with E-state index in [-0.39, 0.29) is 17.3 Å². The summed E-state index contributed by atoms with van der Waals surface area (Å²) in [5.74, 6) is 0.350. The Morgan fingerprint density at radius 3 is 1.73 bits per heavy atom. The van der Waals surface area contributed by atoms with Gasteiger partial charge in [-0.3, -0.25) is 0 Å². The number of para-hydroxylation sites is 2. The van der Waals surface area contributed by atoms with Crippen molar-refractivity contribution in [2.75, 3.05) is 9.80 Å². The Labute approximate surface area is 352 Å². The zero-order chi connectivity index (χ0) is 41.4. The molecule has 0 amide bonds. The highest BCUT2D eigenvalue weighted by Gasteiger charge is 2.37. The maximum absolute atomic E-state index is 4.07. The summed E-state index contributed by atoms with van der Waals surface area (Å²) in [6, 6.07) is 48.0. The Balaban J connectivity index is 1.29. The number of hydrogen-bond donors (Lipinski definition) is 0. The Bertz CT molecular complexity index is 2500. The molecule has 2 unspecified atom stereocenters. The first-order valence-corrected chi connectivity index (χ1v) is 20.5. The molecule has 0 N–H and O–H groups in total. The Morgan fingerprint density at radius 2 is 1.17 bits per heavy atom. The van der Waals surface area contributed by atoms with Gasteiger partial charge in [-0.25, -0.2) is 0 Å². The van der Waals surface area contributed by atoms with Gasteiger partial charge in [-0.05, 0) is 101 Å². The molecule has 0 saturated heterocycles. The van der Waals surface area contributed by atoms with Gasteiger partial charge in [0.2, 0.25) is 0 Å². The summed E-state index contributed by atoms with van der Waals surface area (Å²) < 4.78 is 0. The highest BCUT2D eigenvalue weighted by molar-refractivity contribution is 5.78. The molecule has 5 aromatic carbocycles. The van der Waals surface area contributed by atoms with Crippen LogP contribution in [0.4, 0.5) is 22.7 Å². The predicted molar refractivity (Wildman–Crippen MR) is 256 cm³/mol. The third kappa shape index (κ3) is 8.54. The Hall–Kier alpha value is -6.90. The lowest BCUT2D eigenvalue weighted by Gasteiger charge is -2.39. The summed E-state index contributed by atoms with van der Waals surface area (Å²) in [5.41, 5.74) is 14.9. The van der Waals surface area contributed by atoms with Crippen LogP contribution in [0, 0.1) is 11.8 Å². The topological polar surface area (TPSA) is 6.48 Å². The molecule has 0 aromatic heterocycles. The minimum Gasteiger partial charge on any atom is -0.310 e. The van der Waals surface area contributed by atoms with Crippen molar-refractivity contribution < 1.29 is 0 Å². The van der Waals surface area contributed by atoms with Crippen molar-refractivity contribution >= 4 is 28.8 Å². The second-order valence-corrected chi connectivity index (χ2v) is 15.7. The van der Waals surface area contributed by atoms with Crippen molar-refractivity contribution in [2.45, 2.75) is 33.1 Å². The van der Waals surface area contributed by atoms with E-state index in [0.29, 0.717) is 0 Å². The summed E-state index contributed by atoms with van der Waals surface area (Å²) in [6.45, 7) is 21.3. The van der Waals surface area contributed by atoms with Gasteiger partial charge in [0.25, 0.3) is 0 Å². The smallest absolute Gasteiger partial charge is 0.0500 e. The minimum atomic E-state index is -0.237. The van der Waals surface area contributed by atoms with Gasteiger partial charge < -0.3 is 9.80 Å². The van der Waals surface area contributed by atoms with Crippen LogP contribution in [0.3, 0.4) is 0 Å². The van der Waals surface area contributed by atoms with Crippen LogP contribution in [0.1, 0.15) is 38.8 Å². The summed E-state index contributed by atoms with van der Waals surface area (Å²) in [7, 11) is 0. The fourth-order valence-corrected chi connectivity index (χ4v) is 8.54. The van der Waals surface area contributed by atoms with Gasteiger partial charge in [0.05, 0.1) is 0 Å². The lowest BCUT2D eigenvalue weighted by Crippen LogP contribution is -2.32. The lowest BCUT2D eigenvalue weighted by atomic mass is 9.66. The molecule has 0 heterocycles. The van der Waals surface area contributed by atoms with Gasteiger partial charge in [0.1, 0.15) is 0 Å². The monoisotopic (exact) mass is 766 g/mol. The van der Waals surface area contributed by atoms with Gasteiger partial charge in [-0.1, -0.05) is 192 Å². The van der Waals surface area contributed by atoms with Crippen LogP contribution in [0.15, 0.2) is 248 Å². The van der Waals surface area contributed by atoms with Crippen molar-refractivity contribution in [1.29, 1.82) is 0 Å². The van der Waals surface area contributed by atoms with Gasteiger partial charge in [0.15, 0.2) is 0 Å². The molecule has 5 aromatic rings. The molecule has 2 aliphatic carbocycles. The first-order chi connectivity index (χ1) is 28.7. The standard InChI is InChI=1S/C57H54N2/c1-8-11-27-53-55(29-19-22-43(5)56(53)57(6,7)47-36-30-44(10-3)31-37-47)59(49-25-16-13-17-26-49)51-40-34-46(35-41-51)45-32-38-50(39-33-45)58(48-23-14-12-15-24-48)54-28-18-21-42(4)52(54)20-9-2/h8-42,56H,1-3H2,4-7H3/b27-11-,52-20+. The zero-order valence-corrected chi connectivity index (χ0v) is 34.8. The SMILES string of the molecule is C=C/C=C\C1=C(N(c2ccccc2)c2ccc(-c3ccc(N(C4=CC=CC(C)/C4=C\C=C)c4ccccc4)cc3)cc2)C=CC=C(C)C1C(C)(C)c1ccc(C=C)cc1. The highest BCUT2D eigenvalue weighted by Crippen LogP contribution is 2.46. The number of nitrogens with zero attached hydrogens (tertiary/aromatic N) is 2. The molecule has 2 heteroatoms. The van der Waals surface area contributed by atoms with E-state index in [1.807, 2.05) is 18.2 Å². The highest BCUT2D eigenvalue weighted by atomic mass is 15.2. The van der Waals surface area contributed by atoms with E-state index in [1.165, 1.54) is 22.3 Å². The maximum Gasteiger partial charge on any atom is 0.0500 e. The number of hydrogen-bond acceptors (Lipinski definition) is 2. The normalized spacial score (nSPS) is 17.3. The van der Waals surface area contributed by atoms with Crippen molar-refractivity contribution in [2.24, 2.45) is 11.8 Å². The van der Waals surface area contributed by atoms with E-state index in [1.54, 1.807) is 0 Å². The molecule has 0 bridgehead atoms. The van der Waals surface area contributed by atoms with E-state index in [4.69, 9.17) is 0 Å². The first-order valence-electron chi connectivity index (χ1n) is 20.5. The van der Waals surface area contributed by atoms with Crippen LogP contribution in [0.25, 0.3) is 17.2 Å². The van der Waals surface area contributed by atoms with E-state index in [9.17, 15) is 0 Å². The molecule has 2 atom stereocenters. The van der Waals surface area contributed by atoms with Crippen molar-refractivity contribution in [3.8, 4) is 11.1 Å². The molecular formula is C57H54N2. The predicted octanol–water partition coefficient (Wildman–Crippen LogP) is 15.6. The second kappa shape index (κ2) is 18.1. The van der Waals surface area contributed by atoms with Crippen LogP contribution in [-0.2, 0) is 5.41 Å². The molecule has 0 radical (unpaired) electrons. The molecule has 2 aliphatic rings. The molecule has 292 valence electrons. The molecular weight excluding hydrogens is 713 g/mol. The molecule has 2 nitrogen and oxygen atoms in total. The molecule has 0 spiro atoms. The summed E-state index contributed by atoms with van der Waals surface area (Å²) in [6.07, 6.45) is 25.4. The molecule has 59 heavy (non-hydrogen) atoms. The number of rotatable bonds is 13. The van der Waals surface area contributed by atoms with Gasteiger partial charge >= 0.3 is 0 Å². The van der Waals surface area contributed by atoms with Gasteiger partial charge in [-0.2, -0.15) is 0 Å². The van der Waals surface area contributed by atoms with Gasteiger partial charge in [-0.15, -0.1) is 0 Å². The Morgan fingerprint density at radius 1 is 0.610 bits per heavy atom. The first kappa shape index (κ1) is 40.3. The van der Waals surface area contributed by atoms with E-state index in [2.05, 4.69) is 245 Å². The Kier molecular flexibility index (Phi) is 12.4. The third-order valence-corrected chi connectivity index (χ3v) is 11.5. The van der Waals surface area contributed by atoms with E-state index >= 15 is 0 Å². The largest absolute Gasteiger partial charge is 0.310 e. The third-order valence-electron chi connectivity index (χ3n) is 11.5. The van der Waals surface area contributed by atoms with Crippen LogP contribution in [-0.4, -0.2) is 0 Å². The van der Waals surface area contributed by atoms with Gasteiger partial charge in [0, 0.05) is 51.4 Å². The van der Waals surface area contributed by atoms with Crippen molar-refractivity contribution in [1.82, 2.24) is 0 Å². The van der Waals surface area contributed by atoms with Crippen molar-refractivity contribution in [3.05, 3.63) is 259 Å². The van der Waals surface area contributed by atoms with Crippen LogP contribution < -0.4 is 9.80 Å². The number of benzene rings is 5. The minimum absolute atomic E-state index is 0.0738. The zero-order valence-electron chi connectivity index (χ0n) is 34.8. The summed E-state index contributed by atoms with van der Waals surface area (Å²) in [4.78, 5) is 4.73.